The van der Waals surface area contributed by atoms with E-state index < -0.39 is 4.92 Å². The summed E-state index contributed by atoms with van der Waals surface area (Å²) in [6.45, 7) is 1.86. The fraction of sp³-hybridized carbons (Fsp3) is 0.462. The molecule has 0 bridgehead atoms. The molecule has 0 saturated carbocycles. The van der Waals surface area contributed by atoms with Crippen molar-refractivity contribution in [3.8, 4) is 0 Å². The average Bonchev–Trinajstić information content (AvgIpc) is 2.79. The number of carbonyl (C=O) groups excluding carboxylic acids is 1. The number of nitro groups is 1. The molecule has 1 amide bonds. The van der Waals surface area contributed by atoms with Crippen molar-refractivity contribution in [1.82, 2.24) is 4.90 Å². The van der Waals surface area contributed by atoms with Crippen molar-refractivity contribution >= 4 is 23.0 Å². The van der Waals surface area contributed by atoms with Crippen molar-refractivity contribution in [3.05, 3.63) is 28.3 Å². The summed E-state index contributed by atoms with van der Waals surface area (Å²) in [5.41, 5.74) is 6.42. The lowest BCUT2D eigenvalue weighted by Gasteiger charge is -2.38. The summed E-state index contributed by atoms with van der Waals surface area (Å²) < 4.78 is 0. The van der Waals surface area contributed by atoms with Gasteiger partial charge in [-0.1, -0.05) is 6.07 Å². The number of nitrogens with two attached hydrogens (primary N) is 1. The number of carbonyl (C=O) groups is 1. The number of piperazine rings is 1. The van der Waals surface area contributed by atoms with Crippen molar-refractivity contribution in [2.75, 3.05) is 30.3 Å². The zero-order valence-corrected chi connectivity index (χ0v) is 11.0. The molecule has 1 aromatic carbocycles. The highest BCUT2D eigenvalue weighted by Crippen LogP contribution is 2.35. The molecular formula is C13H16N4O3. The van der Waals surface area contributed by atoms with Gasteiger partial charge >= 0.3 is 5.69 Å². The topological polar surface area (TPSA) is 92.7 Å². The van der Waals surface area contributed by atoms with Crippen LogP contribution in [0.15, 0.2) is 18.2 Å². The van der Waals surface area contributed by atoms with Crippen LogP contribution in [-0.4, -0.2) is 41.4 Å². The molecule has 3 rings (SSSR count). The van der Waals surface area contributed by atoms with Crippen molar-refractivity contribution in [2.24, 2.45) is 0 Å². The first-order valence-electron chi connectivity index (χ1n) is 6.65. The van der Waals surface area contributed by atoms with Gasteiger partial charge in [-0.2, -0.15) is 0 Å². The van der Waals surface area contributed by atoms with E-state index in [9.17, 15) is 14.9 Å². The van der Waals surface area contributed by atoms with Crippen LogP contribution in [-0.2, 0) is 4.79 Å². The predicted octanol–water partition coefficient (Wildman–Crippen LogP) is 0.988. The van der Waals surface area contributed by atoms with Gasteiger partial charge in [-0.05, 0) is 18.6 Å². The Bertz CT molecular complexity index is 575. The maximum absolute atomic E-state index is 11.7. The highest BCUT2D eigenvalue weighted by molar-refractivity contribution is 5.80. The molecule has 20 heavy (non-hydrogen) atoms. The molecule has 0 aromatic heterocycles. The highest BCUT2D eigenvalue weighted by atomic mass is 16.6. The molecule has 7 heteroatoms. The van der Waals surface area contributed by atoms with Crippen molar-refractivity contribution in [2.45, 2.75) is 18.9 Å². The quantitative estimate of drug-likeness (QED) is 0.494. The molecule has 2 aliphatic rings. The summed E-state index contributed by atoms with van der Waals surface area (Å²) in [5.74, 6) is 0.191. The molecule has 1 unspecified atom stereocenters. The van der Waals surface area contributed by atoms with Gasteiger partial charge in [-0.15, -0.1) is 0 Å². The van der Waals surface area contributed by atoms with E-state index in [4.69, 9.17) is 5.73 Å². The number of hydrogen-bond donors (Lipinski definition) is 1. The lowest BCUT2D eigenvalue weighted by Crippen LogP contribution is -2.51. The molecular weight excluding hydrogens is 260 g/mol. The Morgan fingerprint density at radius 2 is 2.15 bits per heavy atom. The van der Waals surface area contributed by atoms with Crippen LogP contribution in [0.5, 0.6) is 0 Å². The first kappa shape index (κ1) is 12.7. The van der Waals surface area contributed by atoms with Crippen LogP contribution in [0, 0.1) is 10.1 Å². The van der Waals surface area contributed by atoms with Crippen molar-refractivity contribution in [3.63, 3.8) is 0 Å². The van der Waals surface area contributed by atoms with Crippen LogP contribution in [0.1, 0.15) is 12.8 Å². The van der Waals surface area contributed by atoms with E-state index >= 15 is 0 Å². The smallest absolute Gasteiger partial charge is 0.315 e. The van der Waals surface area contributed by atoms with Gasteiger partial charge < -0.3 is 15.5 Å². The minimum Gasteiger partial charge on any atom is -0.393 e. The third kappa shape index (κ3) is 1.95. The highest BCUT2D eigenvalue weighted by Gasteiger charge is 2.37. The van der Waals surface area contributed by atoms with E-state index in [1.807, 2.05) is 9.80 Å². The zero-order chi connectivity index (χ0) is 14.3. The van der Waals surface area contributed by atoms with Crippen LogP contribution >= 0.6 is 0 Å². The first-order chi connectivity index (χ1) is 9.58. The summed E-state index contributed by atoms with van der Waals surface area (Å²) >= 11 is 0. The molecule has 106 valence electrons. The molecule has 2 aliphatic heterocycles. The monoisotopic (exact) mass is 276 g/mol. The number of benzene rings is 1. The van der Waals surface area contributed by atoms with E-state index in [0.29, 0.717) is 31.7 Å². The molecule has 2 N–H and O–H groups in total. The Kier molecular flexibility index (Phi) is 2.96. The van der Waals surface area contributed by atoms with Crippen molar-refractivity contribution < 1.29 is 9.72 Å². The number of nitro benzene ring substituents is 1. The van der Waals surface area contributed by atoms with E-state index in [-0.39, 0.29) is 23.3 Å². The maximum Gasteiger partial charge on any atom is 0.315 e. The largest absolute Gasteiger partial charge is 0.393 e. The van der Waals surface area contributed by atoms with Gasteiger partial charge in [0.1, 0.15) is 11.4 Å². The summed E-state index contributed by atoms with van der Waals surface area (Å²) in [6, 6.07) is 5.15. The summed E-state index contributed by atoms with van der Waals surface area (Å²) in [6.07, 6.45) is 1.41. The van der Waals surface area contributed by atoms with Gasteiger partial charge in [0.25, 0.3) is 0 Å². The normalized spacial score (nSPS) is 22.0. The lowest BCUT2D eigenvalue weighted by atomic mass is 10.1. The number of rotatable bonds is 2. The van der Waals surface area contributed by atoms with E-state index in [2.05, 4.69) is 0 Å². The lowest BCUT2D eigenvalue weighted by molar-refractivity contribution is -0.383. The second kappa shape index (κ2) is 4.66. The Hall–Kier alpha value is -2.31. The number of para-hydroxylation sites is 1. The van der Waals surface area contributed by atoms with Gasteiger partial charge in [0.05, 0.1) is 4.92 Å². The fourth-order valence-electron chi connectivity index (χ4n) is 3.09. The number of anilines is 2. The number of hydrogen-bond acceptors (Lipinski definition) is 5. The molecule has 2 heterocycles. The van der Waals surface area contributed by atoms with E-state index in [1.165, 1.54) is 6.07 Å². The SMILES string of the molecule is Nc1cccc(N2CCN3C(=O)CCC3C2)c1[N+](=O)[O-]. The molecule has 1 aromatic rings. The molecule has 0 aliphatic carbocycles. The Balaban J connectivity index is 1.89. The van der Waals surface area contributed by atoms with Gasteiger partial charge in [0.15, 0.2) is 0 Å². The third-order valence-corrected chi connectivity index (χ3v) is 4.06. The minimum absolute atomic E-state index is 0.0368. The van der Waals surface area contributed by atoms with Crippen molar-refractivity contribution in [1.29, 1.82) is 0 Å². The van der Waals surface area contributed by atoms with E-state index in [0.717, 1.165) is 6.42 Å². The molecule has 0 radical (unpaired) electrons. The van der Waals surface area contributed by atoms with Gasteiger partial charge in [0.2, 0.25) is 5.91 Å². The van der Waals surface area contributed by atoms with Gasteiger partial charge in [-0.3, -0.25) is 14.9 Å². The second-order valence-corrected chi connectivity index (χ2v) is 5.20. The first-order valence-corrected chi connectivity index (χ1v) is 6.65. The van der Waals surface area contributed by atoms with Crippen LogP contribution in [0.4, 0.5) is 17.1 Å². The number of nitrogens with zero attached hydrogens (tertiary/aromatic N) is 3. The number of nitrogen functional groups attached to an aromatic ring is 1. The van der Waals surface area contributed by atoms with Crippen LogP contribution < -0.4 is 10.6 Å². The molecule has 2 fully saturated rings. The standard InChI is InChI=1S/C13H16N4O3/c14-10-2-1-3-11(13(10)17(19)20)15-6-7-16-9(8-15)4-5-12(16)18/h1-3,9H,4-8,14H2. The Morgan fingerprint density at radius 1 is 1.35 bits per heavy atom. The minimum atomic E-state index is -0.434. The number of amides is 1. The summed E-state index contributed by atoms with van der Waals surface area (Å²) in [7, 11) is 0. The fourth-order valence-corrected chi connectivity index (χ4v) is 3.09. The second-order valence-electron chi connectivity index (χ2n) is 5.20. The van der Waals surface area contributed by atoms with Crippen LogP contribution in [0.3, 0.4) is 0 Å². The van der Waals surface area contributed by atoms with Crippen LogP contribution in [0.2, 0.25) is 0 Å². The maximum atomic E-state index is 11.7. The number of fused-ring (bicyclic) bond motifs is 1. The Morgan fingerprint density at radius 3 is 2.90 bits per heavy atom. The van der Waals surface area contributed by atoms with Gasteiger partial charge in [0, 0.05) is 32.1 Å². The zero-order valence-electron chi connectivity index (χ0n) is 11.0. The van der Waals surface area contributed by atoms with Gasteiger partial charge in [-0.25, -0.2) is 0 Å². The molecule has 2 saturated heterocycles. The Labute approximate surface area is 116 Å². The predicted molar refractivity (Wildman–Crippen MR) is 74.5 cm³/mol. The summed E-state index contributed by atoms with van der Waals surface area (Å²) in [5, 5.41) is 11.2. The average molecular weight is 276 g/mol. The molecule has 0 spiro atoms. The summed E-state index contributed by atoms with van der Waals surface area (Å²) in [4.78, 5) is 26.3. The molecule has 7 nitrogen and oxygen atoms in total. The van der Waals surface area contributed by atoms with Crippen LogP contribution in [0.25, 0.3) is 0 Å². The van der Waals surface area contributed by atoms with E-state index in [1.54, 1.807) is 12.1 Å². The third-order valence-electron chi connectivity index (χ3n) is 4.06. The molecule has 1 atom stereocenters.